The molecule has 9 heteroatoms. The van der Waals surface area contributed by atoms with Crippen LogP contribution in [0, 0.1) is 5.82 Å². The maximum atomic E-state index is 13.5. The van der Waals surface area contributed by atoms with E-state index in [1.54, 1.807) is 24.5 Å². The molecule has 1 aliphatic heterocycles. The van der Waals surface area contributed by atoms with Gasteiger partial charge in [0.2, 0.25) is 0 Å². The molecular weight excluding hydrogens is 391 g/mol. The summed E-state index contributed by atoms with van der Waals surface area (Å²) < 4.78 is 25.7. The number of pyridine rings is 1. The molecule has 1 N–H and O–H groups in total. The van der Waals surface area contributed by atoms with Gasteiger partial charge in [0.25, 0.3) is 11.5 Å². The van der Waals surface area contributed by atoms with Crippen molar-refractivity contribution in [3.05, 3.63) is 76.4 Å². The summed E-state index contributed by atoms with van der Waals surface area (Å²) >= 11 is 0. The lowest BCUT2D eigenvalue weighted by Gasteiger charge is -2.19. The average Bonchev–Trinajstić information content (AvgIpc) is 2.96. The molecule has 0 aliphatic carbocycles. The van der Waals surface area contributed by atoms with Crippen LogP contribution >= 0.6 is 0 Å². The first-order valence-electron chi connectivity index (χ1n) is 9.31. The number of methoxy groups -OCH3 is 1. The number of carbonyl (C=O) groups excluding carboxylic acids is 1. The minimum atomic E-state index is -0.677. The molecule has 0 saturated carbocycles. The van der Waals surface area contributed by atoms with Crippen LogP contribution in [0.4, 0.5) is 4.39 Å². The van der Waals surface area contributed by atoms with E-state index in [2.05, 4.69) is 15.3 Å². The van der Waals surface area contributed by atoms with Gasteiger partial charge in [-0.1, -0.05) is 0 Å². The fraction of sp³-hybridized carbons (Fsp3) is 0.238. The van der Waals surface area contributed by atoms with Crippen LogP contribution in [0.15, 0.2) is 53.6 Å². The van der Waals surface area contributed by atoms with Crippen LogP contribution < -0.4 is 15.6 Å². The van der Waals surface area contributed by atoms with Crippen molar-refractivity contribution in [1.82, 2.24) is 19.9 Å². The lowest BCUT2D eigenvalue weighted by molar-refractivity contribution is 0.0853. The maximum absolute atomic E-state index is 13.5. The quantitative estimate of drug-likeness (QED) is 0.707. The van der Waals surface area contributed by atoms with E-state index in [1.807, 2.05) is 0 Å². The van der Waals surface area contributed by atoms with Crippen molar-refractivity contribution in [2.75, 3.05) is 20.3 Å². The smallest absolute Gasteiger partial charge is 0.255 e. The topological polar surface area (TPSA) is 95.3 Å². The first-order chi connectivity index (χ1) is 14.6. The van der Waals surface area contributed by atoms with Crippen LogP contribution in [0.25, 0.3) is 11.3 Å². The second kappa shape index (κ2) is 8.42. The van der Waals surface area contributed by atoms with Gasteiger partial charge in [0, 0.05) is 30.1 Å². The monoisotopic (exact) mass is 410 g/mol. The zero-order valence-electron chi connectivity index (χ0n) is 16.2. The standard InChI is InChI=1S/C21H19FN4O4/c1-29-18-10-14(22)2-3-15(18)21(28)25-17-12-30-9-8-26-19(27)11-16(24-20(17)26)13-4-6-23-7-5-13/h2-7,10-11,17H,8-9,12H2,1H3,(H,25,28). The molecule has 0 spiro atoms. The molecule has 8 nitrogen and oxygen atoms in total. The molecule has 2 aromatic heterocycles. The van der Waals surface area contributed by atoms with Crippen LogP contribution in [0.5, 0.6) is 5.75 Å². The number of aromatic nitrogens is 3. The molecule has 0 bridgehead atoms. The van der Waals surface area contributed by atoms with Crippen molar-refractivity contribution < 1.29 is 18.7 Å². The number of nitrogens with one attached hydrogen (secondary N) is 1. The molecule has 0 fully saturated rings. The molecule has 0 saturated heterocycles. The normalized spacial score (nSPS) is 15.7. The Bertz CT molecular complexity index is 1130. The molecule has 3 aromatic rings. The van der Waals surface area contributed by atoms with Crippen molar-refractivity contribution in [2.45, 2.75) is 12.6 Å². The number of hydrogen-bond acceptors (Lipinski definition) is 6. The fourth-order valence-corrected chi connectivity index (χ4v) is 3.31. The van der Waals surface area contributed by atoms with E-state index in [9.17, 15) is 14.0 Å². The molecule has 4 rings (SSSR count). The van der Waals surface area contributed by atoms with Crippen molar-refractivity contribution in [3.8, 4) is 17.0 Å². The van der Waals surface area contributed by atoms with Crippen LogP contribution in [-0.2, 0) is 11.3 Å². The van der Waals surface area contributed by atoms with Gasteiger partial charge in [-0.15, -0.1) is 0 Å². The molecule has 1 unspecified atom stereocenters. The number of ether oxygens (including phenoxy) is 2. The third kappa shape index (κ3) is 3.92. The molecule has 1 aliphatic rings. The molecular formula is C21H19FN4O4. The van der Waals surface area contributed by atoms with Gasteiger partial charge in [0.05, 0.1) is 38.1 Å². The van der Waals surface area contributed by atoms with Gasteiger partial charge in [-0.25, -0.2) is 9.37 Å². The average molecular weight is 410 g/mol. The largest absolute Gasteiger partial charge is 0.496 e. The second-order valence-corrected chi connectivity index (χ2v) is 6.67. The van der Waals surface area contributed by atoms with E-state index in [-0.39, 0.29) is 23.5 Å². The molecule has 30 heavy (non-hydrogen) atoms. The van der Waals surface area contributed by atoms with E-state index < -0.39 is 17.8 Å². The Morgan fingerprint density at radius 2 is 2.07 bits per heavy atom. The Morgan fingerprint density at radius 1 is 1.27 bits per heavy atom. The SMILES string of the molecule is COc1cc(F)ccc1C(=O)NC1COCCn2c1nc(-c1ccncc1)cc2=O. The van der Waals surface area contributed by atoms with Crippen LogP contribution in [-0.4, -0.2) is 40.8 Å². The van der Waals surface area contributed by atoms with E-state index in [0.29, 0.717) is 24.7 Å². The summed E-state index contributed by atoms with van der Waals surface area (Å²) in [6, 6.07) is 7.94. The summed E-state index contributed by atoms with van der Waals surface area (Å²) in [5, 5.41) is 2.83. The summed E-state index contributed by atoms with van der Waals surface area (Å²) in [4.78, 5) is 34.2. The molecule has 154 valence electrons. The Hall–Kier alpha value is -3.59. The van der Waals surface area contributed by atoms with Gasteiger partial charge in [0.15, 0.2) is 0 Å². The van der Waals surface area contributed by atoms with Gasteiger partial charge in [-0.05, 0) is 24.3 Å². The Balaban J connectivity index is 1.71. The number of nitrogens with zero attached hydrogens (tertiary/aromatic N) is 3. The highest BCUT2D eigenvalue weighted by molar-refractivity contribution is 5.97. The summed E-state index contributed by atoms with van der Waals surface area (Å²) in [7, 11) is 1.36. The van der Waals surface area contributed by atoms with Gasteiger partial charge < -0.3 is 14.8 Å². The van der Waals surface area contributed by atoms with Crippen molar-refractivity contribution >= 4 is 5.91 Å². The molecule has 1 aromatic carbocycles. The highest BCUT2D eigenvalue weighted by Crippen LogP contribution is 2.23. The van der Waals surface area contributed by atoms with Crippen LogP contribution in [0.2, 0.25) is 0 Å². The Morgan fingerprint density at radius 3 is 2.83 bits per heavy atom. The minimum absolute atomic E-state index is 0.109. The summed E-state index contributed by atoms with van der Waals surface area (Å²) in [6.07, 6.45) is 3.23. The number of amides is 1. The lowest BCUT2D eigenvalue weighted by atomic mass is 10.1. The number of carbonyl (C=O) groups is 1. The van der Waals surface area contributed by atoms with Crippen molar-refractivity contribution in [1.29, 1.82) is 0 Å². The minimum Gasteiger partial charge on any atom is -0.496 e. The lowest BCUT2D eigenvalue weighted by Crippen LogP contribution is -2.35. The number of fused-ring (bicyclic) bond motifs is 1. The number of halogens is 1. The summed E-state index contributed by atoms with van der Waals surface area (Å²) in [5.41, 5.74) is 1.15. The predicted molar refractivity (Wildman–Crippen MR) is 106 cm³/mol. The maximum Gasteiger partial charge on any atom is 0.255 e. The molecule has 0 radical (unpaired) electrons. The van der Waals surface area contributed by atoms with Crippen LogP contribution in [0.3, 0.4) is 0 Å². The number of benzene rings is 1. The van der Waals surface area contributed by atoms with Gasteiger partial charge >= 0.3 is 0 Å². The third-order valence-electron chi connectivity index (χ3n) is 4.78. The number of hydrogen-bond donors (Lipinski definition) is 1. The second-order valence-electron chi connectivity index (χ2n) is 6.67. The predicted octanol–water partition coefficient (Wildman–Crippen LogP) is 1.95. The van der Waals surface area contributed by atoms with Crippen molar-refractivity contribution in [3.63, 3.8) is 0 Å². The highest BCUT2D eigenvalue weighted by atomic mass is 19.1. The van der Waals surface area contributed by atoms with E-state index in [0.717, 1.165) is 11.6 Å². The van der Waals surface area contributed by atoms with E-state index >= 15 is 0 Å². The fourth-order valence-electron chi connectivity index (χ4n) is 3.31. The number of rotatable bonds is 4. The van der Waals surface area contributed by atoms with Gasteiger partial charge in [0.1, 0.15) is 23.4 Å². The molecule has 1 atom stereocenters. The first-order valence-corrected chi connectivity index (χ1v) is 9.31. The zero-order chi connectivity index (χ0) is 21.1. The van der Waals surface area contributed by atoms with Crippen molar-refractivity contribution in [2.24, 2.45) is 0 Å². The molecule has 3 heterocycles. The summed E-state index contributed by atoms with van der Waals surface area (Å²) in [6.45, 7) is 0.779. The Kier molecular flexibility index (Phi) is 5.53. The highest BCUT2D eigenvalue weighted by Gasteiger charge is 2.26. The van der Waals surface area contributed by atoms with E-state index in [4.69, 9.17) is 9.47 Å². The molecule has 1 amide bonds. The van der Waals surface area contributed by atoms with Gasteiger partial charge in [-0.2, -0.15) is 0 Å². The van der Waals surface area contributed by atoms with E-state index in [1.165, 1.54) is 29.9 Å². The van der Waals surface area contributed by atoms with Crippen LogP contribution in [0.1, 0.15) is 22.2 Å². The first kappa shape index (κ1) is 19.7. The Labute approximate surface area is 171 Å². The summed E-state index contributed by atoms with van der Waals surface area (Å²) in [5.74, 6) is -0.501. The third-order valence-corrected chi connectivity index (χ3v) is 4.78. The zero-order valence-corrected chi connectivity index (χ0v) is 16.2. The van der Waals surface area contributed by atoms with Gasteiger partial charge in [-0.3, -0.25) is 19.1 Å².